The van der Waals surface area contributed by atoms with Crippen LogP contribution in [0.3, 0.4) is 0 Å². The third-order valence-corrected chi connectivity index (χ3v) is 4.29. The summed E-state index contributed by atoms with van der Waals surface area (Å²) in [5, 5.41) is 3.56. The predicted octanol–water partition coefficient (Wildman–Crippen LogP) is 3.07. The summed E-state index contributed by atoms with van der Waals surface area (Å²) in [5.74, 6) is 0.735. The highest BCUT2D eigenvalue weighted by Crippen LogP contribution is 2.39. The van der Waals surface area contributed by atoms with Gasteiger partial charge in [0.1, 0.15) is 0 Å². The van der Waals surface area contributed by atoms with Crippen LogP contribution in [0, 0.1) is 11.3 Å². The van der Waals surface area contributed by atoms with Crippen LogP contribution in [0.15, 0.2) is 25.3 Å². The highest BCUT2D eigenvalue weighted by Gasteiger charge is 2.38. The second-order valence-electron chi connectivity index (χ2n) is 6.20. The lowest BCUT2D eigenvalue weighted by Crippen LogP contribution is -2.51. The van der Waals surface area contributed by atoms with Crippen molar-refractivity contribution in [1.29, 1.82) is 0 Å². The first-order chi connectivity index (χ1) is 8.55. The van der Waals surface area contributed by atoms with Crippen molar-refractivity contribution in [3.8, 4) is 0 Å². The Balaban J connectivity index is 2.67. The summed E-state index contributed by atoms with van der Waals surface area (Å²) in [7, 11) is 2.11. The quantitative estimate of drug-likeness (QED) is 0.699. The highest BCUT2D eigenvalue weighted by atomic mass is 15.1. The number of rotatable bonds is 7. The van der Waals surface area contributed by atoms with Crippen molar-refractivity contribution in [2.75, 3.05) is 26.7 Å². The average molecular weight is 250 g/mol. The van der Waals surface area contributed by atoms with Gasteiger partial charge in [0.2, 0.25) is 0 Å². The van der Waals surface area contributed by atoms with Gasteiger partial charge in [-0.3, -0.25) is 4.90 Å². The predicted molar refractivity (Wildman–Crippen MR) is 80.8 cm³/mol. The minimum absolute atomic E-state index is 0.408. The molecular weight excluding hydrogens is 220 g/mol. The van der Waals surface area contributed by atoms with Gasteiger partial charge < -0.3 is 5.32 Å². The Hall–Kier alpha value is -0.600. The van der Waals surface area contributed by atoms with Crippen LogP contribution in [-0.4, -0.2) is 37.6 Å². The lowest BCUT2D eigenvalue weighted by Gasteiger charge is -2.45. The van der Waals surface area contributed by atoms with Crippen LogP contribution >= 0.6 is 0 Å². The number of hydrogen-bond donors (Lipinski definition) is 1. The minimum Gasteiger partial charge on any atom is -0.316 e. The van der Waals surface area contributed by atoms with Crippen LogP contribution in [0.2, 0.25) is 0 Å². The van der Waals surface area contributed by atoms with E-state index < -0.39 is 0 Å². The smallest absolute Gasteiger partial charge is 0.0164 e. The molecule has 1 saturated carbocycles. The van der Waals surface area contributed by atoms with Crippen molar-refractivity contribution in [1.82, 2.24) is 10.2 Å². The van der Waals surface area contributed by atoms with Crippen molar-refractivity contribution in [2.45, 2.75) is 39.2 Å². The van der Waals surface area contributed by atoms with E-state index in [1.165, 1.54) is 19.3 Å². The molecule has 0 amide bonds. The molecule has 0 aliphatic heterocycles. The summed E-state index contributed by atoms with van der Waals surface area (Å²) >= 11 is 0. The lowest BCUT2D eigenvalue weighted by molar-refractivity contribution is 0.0897. The van der Waals surface area contributed by atoms with Crippen molar-refractivity contribution in [3.05, 3.63) is 25.3 Å². The van der Waals surface area contributed by atoms with E-state index in [1.54, 1.807) is 0 Å². The van der Waals surface area contributed by atoms with Gasteiger partial charge in [0.05, 0.1) is 0 Å². The van der Waals surface area contributed by atoms with E-state index in [4.69, 9.17) is 0 Å². The molecule has 0 aromatic rings. The topological polar surface area (TPSA) is 15.3 Å². The van der Waals surface area contributed by atoms with Crippen LogP contribution < -0.4 is 5.32 Å². The largest absolute Gasteiger partial charge is 0.316 e. The second-order valence-corrected chi connectivity index (χ2v) is 6.20. The minimum atomic E-state index is 0.408. The van der Waals surface area contributed by atoms with Gasteiger partial charge in [0.25, 0.3) is 0 Å². The first-order valence-electron chi connectivity index (χ1n) is 7.16. The second kappa shape index (κ2) is 7.10. The van der Waals surface area contributed by atoms with E-state index in [-0.39, 0.29) is 0 Å². The fourth-order valence-corrected chi connectivity index (χ4v) is 3.52. The van der Waals surface area contributed by atoms with Gasteiger partial charge in [-0.15, -0.1) is 13.2 Å². The molecular formula is C16H30N2. The van der Waals surface area contributed by atoms with Crippen LogP contribution in [0.1, 0.15) is 33.1 Å². The summed E-state index contributed by atoms with van der Waals surface area (Å²) in [5.41, 5.74) is 0.408. The Labute approximate surface area is 113 Å². The summed E-state index contributed by atoms with van der Waals surface area (Å²) in [6.07, 6.45) is 8.00. The molecule has 0 aromatic heterocycles. The van der Waals surface area contributed by atoms with Crippen molar-refractivity contribution in [3.63, 3.8) is 0 Å². The van der Waals surface area contributed by atoms with Gasteiger partial charge in [-0.1, -0.05) is 32.4 Å². The molecule has 0 saturated heterocycles. The molecule has 2 nitrogen and oxygen atoms in total. The lowest BCUT2D eigenvalue weighted by atomic mass is 9.68. The fraction of sp³-hybridized carbons (Fsp3) is 0.750. The zero-order chi connectivity index (χ0) is 13.6. The molecule has 0 aromatic carbocycles. The van der Waals surface area contributed by atoms with Crippen molar-refractivity contribution < 1.29 is 0 Å². The molecule has 18 heavy (non-hydrogen) atoms. The molecule has 1 aliphatic carbocycles. The van der Waals surface area contributed by atoms with Crippen LogP contribution in [0.25, 0.3) is 0 Å². The molecule has 104 valence electrons. The highest BCUT2D eigenvalue weighted by molar-refractivity contribution is 4.94. The standard InChI is InChI=1S/C16H30N2/c1-6-11-18(12-7-2)13-14-9-8-10-16(3,4)15(14)17-5/h6-7,14-15,17H,1-2,8-13H2,3-5H3. The van der Waals surface area contributed by atoms with Crippen LogP contribution in [-0.2, 0) is 0 Å². The van der Waals surface area contributed by atoms with Gasteiger partial charge in [-0.2, -0.15) is 0 Å². The molecule has 1 aliphatic rings. The summed E-state index contributed by atoms with van der Waals surface area (Å²) in [6, 6.07) is 0.614. The number of nitrogens with zero attached hydrogens (tertiary/aromatic N) is 1. The fourth-order valence-electron chi connectivity index (χ4n) is 3.52. The number of hydrogen-bond acceptors (Lipinski definition) is 2. The average Bonchev–Trinajstić information content (AvgIpc) is 2.29. The van der Waals surface area contributed by atoms with Gasteiger partial charge in [0, 0.05) is 25.7 Å². The van der Waals surface area contributed by atoms with E-state index in [9.17, 15) is 0 Å². The number of nitrogens with one attached hydrogen (secondary N) is 1. The zero-order valence-electron chi connectivity index (χ0n) is 12.4. The maximum absolute atomic E-state index is 3.85. The molecule has 0 spiro atoms. The van der Waals surface area contributed by atoms with Crippen LogP contribution in [0.4, 0.5) is 0 Å². The Morgan fingerprint density at radius 2 is 1.89 bits per heavy atom. The van der Waals surface area contributed by atoms with E-state index in [0.717, 1.165) is 25.6 Å². The van der Waals surface area contributed by atoms with Crippen LogP contribution in [0.5, 0.6) is 0 Å². The first-order valence-corrected chi connectivity index (χ1v) is 7.16. The molecule has 2 atom stereocenters. The zero-order valence-corrected chi connectivity index (χ0v) is 12.4. The third kappa shape index (κ3) is 3.96. The first kappa shape index (κ1) is 15.5. The summed E-state index contributed by atoms with van der Waals surface area (Å²) < 4.78 is 0. The SMILES string of the molecule is C=CCN(CC=C)CC1CCCC(C)(C)C1NC. The van der Waals surface area contributed by atoms with E-state index >= 15 is 0 Å². The molecule has 0 heterocycles. The monoisotopic (exact) mass is 250 g/mol. The van der Waals surface area contributed by atoms with E-state index in [1.807, 2.05) is 12.2 Å². The van der Waals surface area contributed by atoms with Gasteiger partial charge in [-0.25, -0.2) is 0 Å². The molecule has 2 heteroatoms. The third-order valence-electron chi connectivity index (χ3n) is 4.29. The summed E-state index contributed by atoms with van der Waals surface area (Å²) in [4.78, 5) is 2.44. The molecule has 1 N–H and O–H groups in total. The summed E-state index contributed by atoms with van der Waals surface area (Å²) in [6.45, 7) is 15.6. The Bertz CT molecular complexity index is 260. The normalized spacial score (nSPS) is 27.1. The Morgan fingerprint density at radius 3 is 2.39 bits per heavy atom. The van der Waals surface area contributed by atoms with Gasteiger partial charge >= 0.3 is 0 Å². The van der Waals surface area contributed by atoms with Gasteiger partial charge in [0.15, 0.2) is 0 Å². The Kier molecular flexibility index (Phi) is 6.10. The molecule has 1 fully saturated rings. The van der Waals surface area contributed by atoms with Gasteiger partial charge in [-0.05, 0) is 31.2 Å². The van der Waals surface area contributed by atoms with E-state index in [0.29, 0.717) is 11.5 Å². The maximum atomic E-state index is 3.85. The van der Waals surface area contributed by atoms with Crippen molar-refractivity contribution in [2.24, 2.45) is 11.3 Å². The maximum Gasteiger partial charge on any atom is 0.0164 e. The van der Waals surface area contributed by atoms with E-state index in [2.05, 4.69) is 44.3 Å². The molecule has 0 radical (unpaired) electrons. The molecule has 1 rings (SSSR count). The molecule has 2 unspecified atom stereocenters. The Morgan fingerprint density at radius 1 is 1.28 bits per heavy atom. The van der Waals surface area contributed by atoms with Crippen molar-refractivity contribution >= 4 is 0 Å². The molecule has 0 bridgehead atoms.